The molecule has 0 spiro atoms. The summed E-state index contributed by atoms with van der Waals surface area (Å²) < 4.78 is 1.79. The molecule has 3 rings (SSSR count). The van der Waals surface area contributed by atoms with Crippen LogP contribution in [-0.4, -0.2) is 27.8 Å². The van der Waals surface area contributed by atoms with E-state index in [4.69, 9.17) is 0 Å². The summed E-state index contributed by atoms with van der Waals surface area (Å²) in [5.74, 6) is 0.123. The van der Waals surface area contributed by atoms with Gasteiger partial charge in [-0.3, -0.25) is 9.48 Å². The highest BCUT2D eigenvalue weighted by molar-refractivity contribution is 5.77. The number of carbonyl (C=O) groups is 1. The van der Waals surface area contributed by atoms with Crippen molar-refractivity contribution < 1.29 is 4.79 Å². The minimum atomic E-state index is -0.00947. The second-order valence-electron chi connectivity index (χ2n) is 6.60. The summed E-state index contributed by atoms with van der Waals surface area (Å²) in [4.78, 5) is 11.9. The van der Waals surface area contributed by atoms with Gasteiger partial charge in [-0.15, -0.1) is 0 Å². The largest absolute Gasteiger partial charge is 0.348 e. The summed E-state index contributed by atoms with van der Waals surface area (Å²) in [5, 5.41) is 11.2. The molecule has 0 radical (unpaired) electrons. The van der Waals surface area contributed by atoms with Gasteiger partial charge in [-0.05, 0) is 24.8 Å². The average molecular weight is 326 g/mol. The van der Waals surface area contributed by atoms with Crippen molar-refractivity contribution in [3.63, 3.8) is 0 Å². The van der Waals surface area contributed by atoms with Crippen LogP contribution in [0.5, 0.6) is 0 Å². The first-order chi connectivity index (χ1) is 11.7. The minimum absolute atomic E-state index is 0.00947. The monoisotopic (exact) mass is 326 g/mol. The third kappa shape index (κ3) is 4.03. The number of rotatable bonds is 6. The Kier molecular flexibility index (Phi) is 5.30. The van der Waals surface area contributed by atoms with E-state index in [9.17, 15) is 4.79 Å². The van der Waals surface area contributed by atoms with Crippen molar-refractivity contribution in [1.82, 2.24) is 20.4 Å². The van der Waals surface area contributed by atoms with Gasteiger partial charge in [-0.2, -0.15) is 5.10 Å². The molecule has 1 aliphatic heterocycles. The maximum absolute atomic E-state index is 11.9. The summed E-state index contributed by atoms with van der Waals surface area (Å²) >= 11 is 0. The van der Waals surface area contributed by atoms with E-state index < -0.39 is 0 Å². The van der Waals surface area contributed by atoms with E-state index in [0.29, 0.717) is 12.5 Å². The van der Waals surface area contributed by atoms with Crippen LogP contribution in [0.2, 0.25) is 0 Å². The van der Waals surface area contributed by atoms with Crippen molar-refractivity contribution >= 4 is 5.91 Å². The molecule has 1 unspecified atom stereocenters. The van der Waals surface area contributed by atoms with Crippen molar-refractivity contribution in [2.75, 3.05) is 0 Å². The molecule has 2 aromatic rings. The highest BCUT2D eigenvalue weighted by Gasteiger charge is 2.31. The van der Waals surface area contributed by atoms with Crippen LogP contribution in [0.4, 0.5) is 0 Å². The van der Waals surface area contributed by atoms with Crippen molar-refractivity contribution in [3.8, 4) is 0 Å². The minimum Gasteiger partial charge on any atom is -0.348 e. The van der Waals surface area contributed by atoms with Gasteiger partial charge < -0.3 is 10.6 Å². The lowest BCUT2D eigenvalue weighted by molar-refractivity contribution is -0.124. The highest BCUT2D eigenvalue weighted by Crippen LogP contribution is 2.25. The van der Waals surface area contributed by atoms with Gasteiger partial charge in [0.2, 0.25) is 5.91 Å². The van der Waals surface area contributed by atoms with Gasteiger partial charge in [0.05, 0.1) is 12.2 Å². The molecule has 1 amide bonds. The van der Waals surface area contributed by atoms with Crippen molar-refractivity contribution in [3.05, 3.63) is 53.9 Å². The Morgan fingerprint density at radius 3 is 2.83 bits per heavy atom. The van der Waals surface area contributed by atoms with E-state index in [1.54, 1.807) is 4.68 Å². The topological polar surface area (TPSA) is 59.0 Å². The Morgan fingerprint density at radius 2 is 2.17 bits per heavy atom. The summed E-state index contributed by atoms with van der Waals surface area (Å²) in [6.07, 6.45) is 7.33. The van der Waals surface area contributed by atoms with Gasteiger partial charge in [0.1, 0.15) is 0 Å². The van der Waals surface area contributed by atoms with Crippen LogP contribution in [0.25, 0.3) is 0 Å². The van der Waals surface area contributed by atoms with Crippen LogP contribution >= 0.6 is 0 Å². The molecule has 0 bridgehead atoms. The van der Waals surface area contributed by atoms with Crippen LogP contribution < -0.4 is 10.6 Å². The number of amides is 1. The van der Waals surface area contributed by atoms with Crippen LogP contribution in [0.1, 0.15) is 43.4 Å². The van der Waals surface area contributed by atoms with E-state index in [1.807, 2.05) is 25.5 Å². The highest BCUT2D eigenvalue weighted by atomic mass is 16.1. The molecule has 2 heterocycles. The normalized spacial score (nSPS) is 22.2. The van der Waals surface area contributed by atoms with Crippen LogP contribution in [-0.2, 0) is 18.3 Å². The third-order valence-electron chi connectivity index (χ3n) is 4.75. The number of aromatic nitrogens is 2. The quantitative estimate of drug-likeness (QED) is 0.857. The van der Waals surface area contributed by atoms with E-state index in [-0.39, 0.29) is 18.0 Å². The third-order valence-corrected chi connectivity index (χ3v) is 4.75. The van der Waals surface area contributed by atoms with Gasteiger partial charge in [0.25, 0.3) is 0 Å². The zero-order chi connectivity index (χ0) is 16.9. The zero-order valence-electron chi connectivity index (χ0n) is 14.4. The smallest absolute Gasteiger partial charge is 0.220 e. The lowest BCUT2D eigenvalue weighted by atomic mass is 9.92. The van der Waals surface area contributed by atoms with Gasteiger partial charge in [-0.25, -0.2) is 0 Å². The number of benzene rings is 1. The molecule has 0 saturated carbocycles. The fourth-order valence-electron chi connectivity index (χ4n) is 3.42. The second-order valence-corrected chi connectivity index (χ2v) is 6.60. The number of hydrogen-bond donors (Lipinski definition) is 2. The summed E-state index contributed by atoms with van der Waals surface area (Å²) in [6, 6.07) is 11.2. The molecule has 1 fully saturated rings. The van der Waals surface area contributed by atoms with Gasteiger partial charge in [0, 0.05) is 37.3 Å². The predicted molar refractivity (Wildman–Crippen MR) is 94.5 cm³/mol. The van der Waals surface area contributed by atoms with Crippen LogP contribution in [0.3, 0.4) is 0 Å². The molecular formula is C19H26N4O. The molecule has 1 aliphatic rings. The molecule has 128 valence electrons. The van der Waals surface area contributed by atoms with E-state index in [0.717, 1.165) is 24.8 Å². The Hall–Kier alpha value is -2.14. The molecule has 5 heteroatoms. The number of piperidine rings is 1. The number of hydrogen-bond acceptors (Lipinski definition) is 3. The SMILES string of the molecule is CCC(Cc1ccccc1)N[C@@H]1CCC(=O)N[C@H]1c1cnn(C)c1. The van der Waals surface area contributed by atoms with E-state index >= 15 is 0 Å². The Labute approximate surface area is 143 Å². The summed E-state index contributed by atoms with van der Waals surface area (Å²) in [6.45, 7) is 2.21. The van der Waals surface area contributed by atoms with Crippen LogP contribution in [0.15, 0.2) is 42.7 Å². The predicted octanol–water partition coefficient (Wildman–Crippen LogP) is 2.35. The first kappa shape index (κ1) is 16.7. The number of carbonyl (C=O) groups excluding carboxylic acids is 1. The van der Waals surface area contributed by atoms with Gasteiger partial charge in [-0.1, -0.05) is 37.3 Å². The fourth-order valence-corrected chi connectivity index (χ4v) is 3.42. The Bertz CT molecular complexity index is 667. The summed E-state index contributed by atoms with van der Waals surface area (Å²) in [7, 11) is 1.90. The molecular weight excluding hydrogens is 300 g/mol. The first-order valence-electron chi connectivity index (χ1n) is 8.73. The molecule has 1 aromatic heterocycles. The molecule has 2 N–H and O–H groups in total. The molecule has 1 aromatic carbocycles. The number of nitrogens with one attached hydrogen (secondary N) is 2. The summed E-state index contributed by atoms with van der Waals surface area (Å²) in [5.41, 5.74) is 2.41. The molecule has 24 heavy (non-hydrogen) atoms. The van der Waals surface area contributed by atoms with E-state index in [1.165, 1.54) is 5.56 Å². The molecule has 3 atom stereocenters. The zero-order valence-corrected chi connectivity index (χ0v) is 14.4. The van der Waals surface area contributed by atoms with Crippen molar-refractivity contribution in [2.45, 2.75) is 50.7 Å². The van der Waals surface area contributed by atoms with Crippen molar-refractivity contribution in [2.24, 2.45) is 7.05 Å². The number of aryl methyl sites for hydroxylation is 1. The standard InChI is InChI=1S/C19H26N4O/c1-3-16(11-14-7-5-4-6-8-14)21-17-9-10-18(24)22-19(17)15-12-20-23(2)13-15/h4-8,12-13,16-17,19,21H,3,9-11H2,1-2H3,(H,22,24)/t16?,17-,19+/m1/s1. The molecule has 1 saturated heterocycles. The van der Waals surface area contributed by atoms with Crippen LogP contribution in [0, 0.1) is 0 Å². The fraction of sp³-hybridized carbons (Fsp3) is 0.474. The van der Waals surface area contributed by atoms with Gasteiger partial charge in [0.15, 0.2) is 0 Å². The Balaban J connectivity index is 1.71. The lowest BCUT2D eigenvalue weighted by Crippen LogP contribution is -2.51. The maximum atomic E-state index is 11.9. The second kappa shape index (κ2) is 7.62. The van der Waals surface area contributed by atoms with Gasteiger partial charge >= 0.3 is 0 Å². The maximum Gasteiger partial charge on any atom is 0.220 e. The average Bonchev–Trinajstić information content (AvgIpc) is 3.03. The molecule has 0 aliphatic carbocycles. The Morgan fingerprint density at radius 1 is 1.38 bits per heavy atom. The molecule has 5 nitrogen and oxygen atoms in total. The lowest BCUT2D eigenvalue weighted by Gasteiger charge is -2.35. The number of nitrogens with zero attached hydrogens (tertiary/aromatic N) is 2. The van der Waals surface area contributed by atoms with E-state index in [2.05, 4.69) is 46.9 Å². The van der Waals surface area contributed by atoms with Crippen molar-refractivity contribution in [1.29, 1.82) is 0 Å². The first-order valence-corrected chi connectivity index (χ1v) is 8.73.